The maximum Gasteiger partial charge on any atom is 0.0791 e. The van der Waals surface area contributed by atoms with Crippen molar-refractivity contribution in [3.05, 3.63) is 36.8 Å². The molecule has 0 amide bonds. The zero-order valence-electron chi connectivity index (χ0n) is 12.7. The lowest BCUT2D eigenvalue weighted by Crippen LogP contribution is -1.75. The molecule has 0 rings (SSSR count). The summed E-state index contributed by atoms with van der Waals surface area (Å²) in [5.41, 5.74) is 0. The quantitative estimate of drug-likeness (QED) is 0.280. The van der Waals surface area contributed by atoms with Crippen LogP contribution < -0.4 is 0 Å². The van der Waals surface area contributed by atoms with Gasteiger partial charge in [-0.3, -0.25) is 0 Å². The largest absolute Gasteiger partial charge is 0.516 e. The predicted molar refractivity (Wildman–Crippen MR) is 85.6 cm³/mol. The van der Waals surface area contributed by atoms with Crippen LogP contribution in [0.1, 0.15) is 71.6 Å². The average Bonchev–Trinajstić information content (AvgIpc) is 2.43. The number of aliphatic hydroxyl groups is 2. The summed E-state index contributed by atoms with van der Waals surface area (Å²) in [5.74, 6) is 0. The highest BCUT2D eigenvalue weighted by atomic mass is 16.2. The van der Waals surface area contributed by atoms with Crippen molar-refractivity contribution in [3.8, 4) is 0 Å². The molecular weight excluding hydrogens is 236 g/mol. The van der Waals surface area contributed by atoms with E-state index in [-0.39, 0.29) is 0 Å². The molecule has 2 N–H and O–H groups in total. The summed E-state index contributed by atoms with van der Waals surface area (Å²) in [7, 11) is 0. The molecule has 0 saturated heterocycles. The highest BCUT2D eigenvalue weighted by Gasteiger charge is 1.85. The Labute approximate surface area is 119 Å². The molecule has 0 radical (unpaired) electrons. The zero-order valence-corrected chi connectivity index (χ0v) is 12.7. The summed E-state index contributed by atoms with van der Waals surface area (Å²) >= 11 is 0. The number of unbranched alkanes of at least 4 members (excludes halogenated alkanes) is 7. The third-order valence-corrected chi connectivity index (χ3v) is 2.64. The standard InChI is InChI=1S/C9H18O.C8H14O/c1-2-3-4-5-6-7-8-9-10;1-2-3-4-5-6-7-8-9/h8-10H,2-7H2,1H3;5-9H,2-4H2,1H3/b9-8+;6-5-,8-7+. The molecule has 0 heterocycles. The van der Waals surface area contributed by atoms with Crippen molar-refractivity contribution in [2.75, 3.05) is 0 Å². The summed E-state index contributed by atoms with van der Waals surface area (Å²) in [4.78, 5) is 0. The second kappa shape index (κ2) is 22.0. The lowest BCUT2D eigenvalue weighted by Gasteiger charge is -1.94. The number of rotatable bonds is 10. The monoisotopic (exact) mass is 268 g/mol. The van der Waals surface area contributed by atoms with Gasteiger partial charge < -0.3 is 10.2 Å². The Hall–Kier alpha value is -1.18. The molecule has 2 nitrogen and oxygen atoms in total. The van der Waals surface area contributed by atoms with Gasteiger partial charge in [0, 0.05) is 0 Å². The van der Waals surface area contributed by atoms with E-state index in [0.29, 0.717) is 0 Å². The second-order valence-electron chi connectivity index (χ2n) is 4.50. The van der Waals surface area contributed by atoms with Gasteiger partial charge in [0.05, 0.1) is 12.5 Å². The number of aliphatic hydroxyl groups excluding tert-OH is 2. The van der Waals surface area contributed by atoms with Crippen molar-refractivity contribution in [3.63, 3.8) is 0 Å². The molecule has 112 valence electrons. The van der Waals surface area contributed by atoms with E-state index in [0.717, 1.165) is 25.4 Å². The molecule has 2 heteroatoms. The fourth-order valence-corrected chi connectivity index (χ4v) is 1.49. The Morgan fingerprint density at radius 3 is 1.84 bits per heavy atom. The van der Waals surface area contributed by atoms with E-state index in [1.165, 1.54) is 44.9 Å². The minimum Gasteiger partial charge on any atom is -0.516 e. The van der Waals surface area contributed by atoms with Crippen LogP contribution in [-0.2, 0) is 0 Å². The molecule has 0 aliphatic heterocycles. The summed E-state index contributed by atoms with van der Waals surface area (Å²) < 4.78 is 0. The summed E-state index contributed by atoms with van der Waals surface area (Å²) in [6.45, 7) is 4.38. The molecule has 0 aliphatic rings. The Morgan fingerprint density at radius 1 is 0.632 bits per heavy atom. The Kier molecular flexibility index (Phi) is 23.4. The molecule has 0 aromatic rings. The fraction of sp³-hybridized carbons (Fsp3) is 0.647. The highest BCUT2D eigenvalue weighted by Crippen LogP contribution is 2.04. The van der Waals surface area contributed by atoms with Crippen molar-refractivity contribution in [1.29, 1.82) is 0 Å². The molecule has 0 aliphatic carbocycles. The first-order valence-electron chi connectivity index (χ1n) is 7.58. The normalized spacial score (nSPS) is 11.3. The van der Waals surface area contributed by atoms with Crippen LogP contribution in [0, 0.1) is 0 Å². The van der Waals surface area contributed by atoms with Gasteiger partial charge in [-0.05, 0) is 25.3 Å². The van der Waals surface area contributed by atoms with Crippen LogP contribution in [0.5, 0.6) is 0 Å². The van der Waals surface area contributed by atoms with E-state index < -0.39 is 0 Å². The maximum atomic E-state index is 8.29. The van der Waals surface area contributed by atoms with Crippen molar-refractivity contribution in [2.24, 2.45) is 0 Å². The minimum absolute atomic E-state index is 1.03. The first-order chi connectivity index (χ1) is 9.33. The molecule has 0 fully saturated rings. The Morgan fingerprint density at radius 2 is 1.26 bits per heavy atom. The van der Waals surface area contributed by atoms with Gasteiger partial charge in [-0.25, -0.2) is 0 Å². The Balaban J connectivity index is 0. The van der Waals surface area contributed by atoms with Gasteiger partial charge >= 0.3 is 0 Å². The van der Waals surface area contributed by atoms with Crippen LogP contribution in [0.3, 0.4) is 0 Å². The van der Waals surface area contributed by atoms with Crippen LogP contribution in [0.15, 0.2) is 36.8 Å². The molecular formula is C17H32O2. The SMILES string of the molecule is CCCC/C=C\C=C\O.CCCCCCC/C=C/O. The number of allylic oxidation sites excluding steroid dienone is 4. The van der Waals surface area contributed by atoms with Crippen molar-refractivity contribution < 1.29 is 10.2 Å². The van der Waals surface area contributed by atoms with Gasteiger partial charge in [0.25, 0.3) is 0 Å². The molecule has 19 heavy (non-hydrogen) atoms. The summed E-state index contributed by atoms with van der Waals surface area (Å²) in [6.07, 6.45) is 20.6. The van der Waals surface area contributed by atoms with Crippen LogP contribution in [-0.4, -0.2) is 10.2 Å². The third-order valence-electron chi connectivity index (χ3n) is 2.64. The lowest BCUT2D eigenvalue weighted by molar-refractivity contribution is 0.469. The van der Waals surface area contributed by atoms with Gasteiger partial charge in [-0.1, -0.05) is 70.6 Å². The molecule has 0 aromatic carbocycles. The molecule has 0 unspecified atom stereocenters. The van der Waals surface area contributed by atoms with E-state index in [2.05, 4.69) is 19.9 Å². The zero-order chi connectivity index (χ0) is 14.6. The van der Waals surface area contributed by atoms with Gasteiger partial charge in [-0.15, -0.1) is 0 Å². The maximum absolute atomic E-state index is 8.29. The average molecular weight is 268 g/mol. The Bertz CT molecular complexity index is 217. The van der Waals surface area contributed by atoms with Gasteiger partial charge in [-0.2, -0.15) is 0 Å². The lowest BCUT2D eigenvalue weighted by atomic mass is 10.1. The molecule has 0 spiro atoms. The highest BCUT2D eigenvalue weighted by molar-refractivity contribution is 4.98. The topological polar surface area (TPSA) is 40.5 Å². The van der Waals surface area contributed by atoms with Crippen LogP contribution in [0.25, 0.3) is 0 Å². The van der Waals surface area contributed by atoms with E-state index >= 15 is 0 Å². The molecule has 0 atom stereocenters. The van der Waals surface area contributed by atoms with Crippen LogP contribution in [0.4, 0.5) is 0 Å². The first-order valence-corrected chi connectivity index (χ1v) is 7.58. The minimum atomic E-state index is 1.03. The number of hydrogen-bond donors (Lipinski definition) is 2. The molecule has 0 bridgehead atoms. The second-order valence-corrected chi connectivity index (χ2v) is 4.50. The fourth-order valence-electron chi connectivity index (χ4n) is 1.49. The van der Waals surface area contributed by atoms with Crippen LogP contribution >= 0.6 is 0 Å². The van der Waals surface area contributed by atoms with Gasteiger partial charge in [0.2, 0.25) is 0 Å². The van der Waals surface area contributed by atoms with E-state index in [4.69, 9.17) is 10.2 Å². The smallest absolute Gasteiger partial charge is 0.0791 e. The van der Waals surface area contributed by atoms with Crippen molar-refractivity contribution in [2.45, 2.75) is 71.6 Å². The number of hydrogen-bond acceptors (Lipinski definition) is 2. The molecule has 0 aromatic heterocycles. The summed E-state index contributed by atoms with van der Waals surface area (Å²) in [6, 6.07) is 0. The molecule has 0 saturated carbocycles. The van der Waals surface area contributed by atoms with E-state index in [1.807, 2.05) is 12.2 Å². The van der Waals surface area contributed by atoms with Crippen LogP contribution in [0.2, 0.25) is 0 Å². The van der Waals surface area contributed by atoms with E-state index in [9.17, 15) is 0 Å². The van der Waals surface area contributed by atoms with Gasteiger partial charge in [0.1, 0.15) is 0 Å². The summed E-state index contributed by atoms with van der Waals surface area (Å²) in [5, 5.41) is 16.5. The third kappa shape index (κ3) is 26.4. The predicted octanol–water partition coefficient (Wildman–Crippen LogP) is 6.22. The van der Waals surface area contributed by atoms with Crippen molar-refractivity contribution in [1.82, 2.24) is 0 Å². The van der Waals surface area contributed by atoms with Crippen molar-refractivity contribution >= 4 is 0 Å². The first kappa shape index (κ1) is 20.1. The van der Waals surface area contributed by atoms with E-state index in [1.54, 1.807) is 6.08 Å². The van der Waals surface area contributed by atoms with Gasteiger partial charge in [0.15, 0.2) is 0 Å².